The lowest BCUT2D eigenvalue weighted by Crippen LogP contribution is -2.14. The lowest BCUT2D eigenvalue weighted by Gasteiger charge is -2.19. The van der Waals surface area contributed by atoms with E-state index in [1.54, 1.807) is 13.0 Å². The number of Topliss-reactive ketones (excluding diaryl/α,β-unsaturated/α-hetero) is 1. The van der Waals surface area contributed by atoms with Gasteiger partial charge in [0, 0.05) is 6.42 Å². The van der Waals surface area contributed by atoms with E-state index in [9.17, 15) is 9.59 Å². The molecule has 1 aromatic carbocycles. The summed E-state index contributed by atoms with van der Waals surface area (Å²) in [5, 5.41) is 0. The van der Waals surface area contributed by atoms with Crippen LogP contribution in [0.1, 0.15) is 55.5 Å². The summed E-state index contributed by atoms with van der Waals surface area (Å²) in [5.74, 6) is 0.563. The summed E-state index contributed by atoms with van der Waals surface area (Å²) in [4.78, 5) is 24.8. The molecule has 140 valence electrons. The summed E-state index contributed by atoms with van der Waals surface area (Å²) in [6, 6.07) is 1.64. The van der Waals surface area contributed by atoms with Crippen LogP contribution in [0.15, 0.2) is 6.07 Å². The molecule has 0 aliphatic carbocycles. The summed E-state index contributed by atoms with van der Waals surface area (Å²) in [6.07, 6.45) is 3.13. The molecule has 0 radical (unpaired) electrons. The van der Waals surface area contributed by atoms with Crippen molar-refractivity contribution in [1.82, 2.24) is 0 Å². The normalized spacial score (nSPS) is 10.3. The van der Waals surface area contributed by atoms with Crippen LogP contribution < -0.4 is 14.2 Å². The first-order chi connectivity index (χ1) is 12.0. The summed E-state index contributed by atoms with van der Waals surface area (Å²) < 4.78 is 21.2. The van der Waals surface area contributed by atoms with E-state index in [0.29, 0.717) is 34.8 Å². The van der Waals surface area contributed by atoms with Crippen LogP contribution in [0.3, 0.4) is 0 Å². The third-order valence-corrected chi connectivity index (χ3v) is 3.84. The van der Waals surface area contributed by atoms with Crippen LogP contribution in [-0.2, 0) is 16.0 Å². The fourth-order valence-electron chi connectivity index (χ4n) is 2.68. The maximum absolute atomic E-state index is 12.8. The molecular formula is C19H28O6. The number of hydrogen-bond acceptors (Lipinski definition) is 6. The molecule has 0 heterocycles. The maximum atomic E-state index is 12.8. The van der Waals surface area contributed by atoms with Gasteiger partial charge < -0.3 is 18.9 Å². The van der Waals surface area contributed by atoms with Crippen LogP contribution in [0.5, 0.6) is 17.2 Å². The molecule has 0 aromatic heterocycles. The van der Waals surface area contributed by atoms with Gasteiger partial charge in [-0.2, -0.15) is 0 Å². The Morgan fingerprint density at radius 2 is 1.64 bits per heavy atom. The van der Waals surface area contributed by atoms with E-state index >= 15 is 0 Å². The van der Waals surface area contributed by atoms with E-state index in [1.807, 2.05) is 0 Å². The van der Waals surface area contributed by atoms with Gasteiger partial charge in [0.2, 0.25) is 5.75 Å². The Morgan fingerprint density at radius 1 is 0.960 bits per heavy atom. The van der Waals surface area contributed by atoms with Gasteiger partial charge in [-0.05, 0) is 25.0 Å². The number of unbranched alkanes of at least 4 members (excludes halogenated alkanes) is 2. The highest BCUT2D eigenvalue weighted by atomic mass is 16.5. The molecule has 0 amide bonds. The van der Waals surface area contributed by atoms with Gasteiger partial charge in [-0.1, -0.05) is 19.8 Å². The van der Waals surface area contributed by atoms with Crippen molar-refractivity contribution in [2.24, 2.45) is 0 Å². The average Bonchev–Trinajstić information content (AvgIpc) is 2.60. The van der Waals surface area contributed by atoms with Crippen LogP contribution >= 0.6 is 0 Å². The van der Waals surface area contributed by atoms with Gasteiger partial charge in [0.05, 0.1) is 39.9 Å². The minimum Gasteiger partial charge on any atom is -0.493 e. The van der Waals surface area contributed by atoms with Gasteiger partial charge in [-0.25, -0.2) is 0 Å². The lowest BCUT2D eigenvalue weighted by atomic mass is 9.95. The van der Waals surface area contributed by atoms with Gasteiger partial charge >= 0.3 is 5.97 Å². The number of hydrogen-bond donors (Lipinski definition) is 0. The lowest BCUT2D eigenvalue weighted by molar-refractivity contribution is -0.142. The number of esters is 1. The Bertz CT molecular complexity index is 594. The van der Waals surface area contributed by atoms with E-state index in [4.69, 9.17) is 18.9 Å². The first-order valence-corrected chi connectivity index (χ1v) is 8.54. The number of rotatable bonds is 11. The standard InChI is InChI=1S/C19H28O6/c1-6-8-9-10-14(20)17-13(12-16(21)25-7-2)11-15(22-3)18(23-4)19(17)24-5/h11H,6-10,12H2,1-5H3. The molecule has 0 saturated heterocycles. The van der Waals surface area contributed by atoms with Crippen LogP contribution in [0.2, 0.25) is 0 Å². The minimum absolute atomic E-state index is 0.0284. The van der Waals surface area contributed by atoms with Gasteiger partial charge in [-0.15, -0.1) is 0 Å². The largest absolute Gasteiger partial charge is 0.493 e. The average molecular weight is 352 g/mol. The predicted molar refractivity (Wildman–Crippen MR) is 94.9 cm³/mol. The molecule has 0 fully saturated rings. The second kappa shape index (κ2) is 10.6. The highest BCUT2D eigenvalue weighted by molar-refractivity contribution is 6.02. The Labute approximate surface area is 149 Å². The number of benzene rings is 1. The highest BCUT2D eigenvalue weighted by Crippen LogP contribution is 2.42. The zero-order valence-corrected chi connectivity index (χ0v) is 15.8. The van der Waals surface area contributed by atoms with Crippen molar-refractivity contribution >= 4 is 11.8 Å². The smallest absolute Gasteiger partial charge is 0.310 e. The third-order valence-electron chi connectivity index (χ3n) is 3.84. The quantitative estimate of drug-likeness (QED) is 0.344. The topological polar surface area (TPSA) is 71.1 Å². The summed E-state index contributed by atoms with van der Waals surface area (Å²) >= 11 is 0. The number of ether oxygens (including phenoxy) is 4. The van der Waals surface area contributed by atoms with E-state index in [2.05, 4.69) is 6.92 Å². The first kappa shape index (κ1) is 20.8. The molecule has 0 bridgehead atoms. The van der Waals surface area contributed by atoms with Crippen molar-refractivity contribution in [3.8, 4) is 17.2 Å². The Balaban J connectivity index is 3.39. The molecule has 6 heteroatoms. The molecule has 0 saturated carbocycles. The second-order valence-corrected chi connectivity index (χ2v) is 5.54. The molecule has 1 aromatic rings. The fraction of sp³-hybridized carbons (Fsp3) is 0.579. The third kappa shape index (κ3) is 5.37. The summed E-state index contributed by atoms with van der Waals surface area (Å²) in [5.41, 5.74) is 0.888. The van der Waals surface area contributed by atoms with Crippen molar-refractivity contribution in [2.45, 2.75) is 46.0 Å². The van der Waals surface area contributed by atoms with E-state index in [1.165, 1.54) is 21.3 Å². The van der Waals surface area contributed by atoms with Gasteiger partial charge in [0.1, 0.15) is 0 Å². The van der Waals surface area contributed by atoms with E-state index in [0.717, 1.165) is 19.3 Å². The minimum atomic E-state index is -0.403. The van der Waals surface area contributed by atoms with Crippen molar-refractivity contribution < 1.29 is 28.5 Å². The highest BCUT2D eigenvalue weighted by Gasteiger charge is 2.26. The van der Waals surface area contributed by atoms with Crippen LogP contribution in [-0.4, -0.2) is 39.7 Å². The molecular weight excluding hydrogens is 324 g/mol. The van der Waals surface area contributed by atoms with Crippen molar-refractivity contribution in [2.75, 3.05) is 27.9 Å². The molecule has 6 nitrogen and oxygen atoms in total. The number of ketones is 1. The molecule has 0 unspecified atom stereocenters. The van der Waals surface area contributed by atoms with E-state index < -0.39 is 5.97 Å². The number of carbonyl (C=O) groups is 2. The van der Waals surface area contributed by atoms with Crippen LogP contribution in [0.25, 0.3) is 0 Å². The van der Waals surface area contributed by atoms with Crippen LogP contribution in [0, 0.1) is 0 Å². The molecule has 0 atom stereocenters. The zero-order valence-electron chi connectivity index (χ0n) is 15.8. The van der Waals surface area contributed by atoms with Crippen molar-refractivity contribution in [3.05, 3.63) is 17.2 Å². The van der Waals surface area contributed by atoms with Gasteiger partial charge in [0.15, 0.2) is 17.3 Å². The Hall–Kier alpha value is -2.24. The molecule has 1 rings (SSSR count). The molecule has 0 aliphatic heterocycles. The predicted octanol–water partition coefficient (Wildman–Crippen LogP) is 3.58. The van der Waals surface area contributed by atoms with Crippen molar-refractivity contribution in [1.29, 1.82) is 0 Å². The summed E-state index contributed by atoms with van der Waals surface area (Å²) in [6.45, 7) is 4.10. The monoisotopic (exact) mass is 352 g/mol. The molecule has 25 heavy (non-hydrogen) atoms. The molecule has 0 N–H and O–H groups in total. The van der Waals surface area contributed by atoms with Crippen molar-refractivity contribution in [3.63, 3.8) is 0 Å². The number of methoxy groups -OCH3 is 3. The SMILES string of the molecule is CCCCCC(=O)c1c(CC(=O)OCC)cc(OC)c(OC)c1OC. The number of carbonyl (C=O) groups excluding carboxylic acids is 2. The van der Waals surface area contributed by atoms with Gasteiger partial charge in [-0.3, -0.25) is 9.59 Å². The first-order valence-electron chi connectivity index (χ1n) is 8.54. The molecule has 0 spiro atoms. The Morgan fingerprint density at radius 3 is 2.16 bits per heavy atom. The van der Waals surface area contributed by atoms with E-state index in [-0.39, 0.29) is 18.8 Å². The summed E-state index contributed by atoms with van der Waals surface area (Å²) in [7, 11) is 4.44. The zero-order chi connectivity index (χ0) is 18.8. The second-order valence-electron chi connectivity index (χ2n) is 5.54. The maximum Gasteiger partial charge on any atom is 0.310 e. The van der Waals surface area contributed by atoms with Crippen LogP contribution in [0.4, 0.5) is 0 Å². The van der Waals surface area contributed by atoms with Gasteiger partial charge in [0.25, 0.3) is 0 Å². The molecule has 0 aliphatic rings. The fourth-order valence-corrected chi connectivity index (χ4v) is 2.68. The Kier molecular flexibility index (Phi) is 8.81.